The molecule has 0 spiro atoms. The summed E-state index contributed by atoms with van der Waals surface area (Å²) < 4.78 is 3.93. The van der Waals surface area contributed by atoms with Gasteiger partial charge in [0.25, 0.3) is 0 Å². The molecule has 0 unspecified atom stereocenters. The summed E-state index contributed by atoms with van der Waals surface area (Å²) in [5, 5.41) is 12.3. The third-order valence-corrected chi connectivity index (χ3v) is 3.42. The number of aromatic nitrogens is 4. The predicted molar refractivity (Wildman–Crippen MR) is 65.6 cm³/mol. The molecule has 3 heterocycles. The summed E-state index contributed by atoms with van der Waals surface area (Å²) in [5.74, 6) is 0. The molecule has 0 amide bonds. The number of hydrogen-bond acceptors (Lipinski definition) is 3. The highest BCUT2D eigenvalue weighted by Crippen LogP contribution is 2.29. The van der Waals surface area contributed by atoms with E-state index in [2.05, 4.69) is 22.4 Å². The van der Waals surface area contributed by atoms with Gasteiger partial charge >= 0.3 is 0 Å². The average Bonchev–Trinajstić information content (AvgIpc) is 2.79. The van der Waals surface area contributed by atoms with Crippen LogP contribution in [0, 0.1) is 6.92 Å². The van der Waals surface area contributed by atoms with E-state index >= 15 is 0 Å². The van der Waals surface area contributed by atoms with Crippen molar-refractivity contribution in [3.05, 3.63) is 23.0 Å². The van der Waals surface area contributed by atoms with E-state index in [-0.39, 0.29) is 0 Å². The van der Waals surface area contributed by atoms with Gasteiger partial charge in [-0.25, -0.2) is 0 Å². The van der Waals surface area contributed by atoms with Crippen LogP contribution in [0.3, 0.4) is 0 Å². The zero-order chi connectivity index (χ0) is 12.0. The van der Waals surface area contributed by atoms with Crippen molar-refractivity contribution in [2.45, 2.75) is 19.9 Å². The quantitative estimate of drug-likeness (QED) is 0.789. The van der Waals surface area contributed by atoms with Crippen molar-refractivity contribution in [2.75, 3.05) is 6.54 Å². The zero-order valence-corrected chi connectivity index (χ0v) is 10.5. The van der Waals surface area contributed by atoms with E-state index in [0.717, 1.165) is 19.5 Å². The summed E-state index contributed by atoms with van der Waals surface area (Å²) in [7, 11) is 4.00. The van der Waals surface area contributed by atoms with Crippen LogP contribution in [-0.4, -0.2) is 26.1 Å². The molecule has 90 valence electrons. The molecule has 0 saturated heterocycles. The molecule has 5 nitrogen and oxygen atoms in total. The Morgan fingerprint density at radius 3 is 2.76 bits per heavy atom. The third kappa shape index (κ3) is 1.50. The highest BCUT2D eigenvalue weighted by molar-refractivity contribution is 5.64. The highest BCUT2D eigenvalue weighted by atomic mass is 15.3. The third-order valence-electron chi connectivity index (χ3n) is 3.42. The van der Waals surface area contributed by atoms with E-state index in [9.17, 15) is 0 Å². The van der Waals surface area contributed by atoms with Crippen molar-refractivity contribution in [1.29, 1.82) is 0 Å². The molecule has 0 radical (unpaired) electrons. The van der Waals surface area contributed by atoms with E-state index in [0.29, 0.717) is 0 Å². The first kappa shape index (κ1) is 10.5. The van der Waals surface area contributed by atoms with E-state index in [1.165, 1.54) is 28.2 Å². The molecule has 5 heteroatoms. The number of nitrogens with one attached hydrogen (secondary N) is 1. The molecule has 2 aromatic heterocycles. The standard InChI is InChI=1S/C12H17N5/c1-8-6-14-16(2)11(8)12-9-4-5-13-7-10(9)15-17(12)3/h6,13H,4-5,7H2,1-3H3. The predicted octanol–water partition coefficient (Wildman–Crippen LogP) is 0.775. The van der Waals surface area contributed by atoms with Crippen molar-refractivity contribution in [2.24, 2.45) is 14.1 Å². The van der Waals surface area contributed by atoms with Gasteiger partial charge in [-0.1, -0.05) is 0 Å². The van der Waals surface area contributed by atoms with Gasteiger partial charge in [-0.15, -0.1) is 0 Å². The maximum Gasteiger partial charge on any atom is 0.0898 e. The lowest BCUT2D eigenvalue weighted by atomic mass is 10.0. The Labute approximate surface area is 100 Å². The van der Waals surface area contributed by atoms with Crippen molar-refractivity contribution < 1.29 is 0 Å². The fraction of sp³-hybridized carbons (Fsp3) is 0.500. The zero-order valence-electron chi connectivity index (χ0n) is 10.5. The maximum atomic E-state index is 4.60. The largest absolute Gasteiger partial charge is 0.311 e. The first-order chi connectivity index (χ1) is 8.18. The minimum atomic E-state index is 0.875. The molecule has 3 rings (SSSR count). The first-order valence-electron chi connectivity index (χ1n) is 5.93. The molecule has 0 bridgehead atoms. The van der Waals surface area contributed by atoms with Crippen LogP contribution in [0.25, 0.3) is 11.4 Å². The SMILES string of the molecule is Cc1cnn(C)c1-c1c2c(nn1C)CNCC2. The van der Waals surface area contributed by atoms with Gasteiger partial charge in [-0.2, -0.15) is 10.2 Å². The molecule has 17 heavy (non-hydrogen) atoms. The Morgan fingerprint density at radius 1 is 1.24 bits per heavy atom. The highest BCUT2D eigenvalue weighted by Gasteiger charge is 2.22. The first-order valence-corrected chi connectivity index (χ1v) is 5.93. The fourth-order valence-corrected chi connectivity index (χ4v) is 2.63. The lowest BCUT2D eigenvalue weighted by molar-refractivity contribution is 0.625. The summed E-state index contributed by atoms with van der Waals surface area (Å²) in [5.41, 5.74) is 6.16. The van der Waals surface area contributed by atoms with Gasteiger partial charge in [-0.3, -0.25) is 9.36 Å². The Kier molecular flexibility index (Phi) is 2.29. The second kappa shape index (κ2) is 3.70. The Morgan fingerprint density at radius 2 is 2.06 bits per heavy atom. The Hall–Kier alpha value is -1.62. The van der Waals surface area contributed by atoms with Crippen LogP contribution in [0.15, 0.2) is 6.20 Å². The van der Waals surface area contributed by atoms with Crippen molar-refractivity contribution in [1.82, 2.24) is 24.9 Å². The molecule has 0 atom stereocenters. The van der Waals surface area contributed by atoms with Gasteiger partial charge in [0, 0.05) is 26.2 Å². The Balaban J connectivity index is 2.24. The summed E-state index contributed by atoms with van der Waals surface area (Å²) in [6.07, 6.45) is 2.96. The smallest absolute Gasteiger partial charge is 0.0898 e. The van der Waals surface area contributed by atoms with E-state index in [1.807, 2.05) is 29.7 Å². The molecule has 0 aliphatic carbocycles. The number of nitrogens with zero attached hydrogens (tertiary/aromatic N) is 4. The van der Waals surface area contributed by atoms with Gasteiger partial charge in [0.05, 0.1) is 23.3 Å². The molecule has 0 fully saturated rings. The van der Waals surface area contributed by atoms with Gasteiger partial charge in [0.15, 0.2) is 0 Å². The summed E-state index contributed by atoms with van der Waals surface area (Å²) in [4.78, 5) is 0. The molecule has 1 aliphatic rings. The summed E-state index contributed by atoms with van der Waals surface area (Å²) >= 11 is 0. The van der Waals surface area contributed by atoms with Crippen LogP contribution >= 0.6 is 0 Å². The van der Waals surface area contributed by atoms with Gasteiger partial charge in [-0.05, 0) is 25.5 Å². The summed E-state index contributed by atoms with van der Waals surface area (Å²) in [6, 6.07) is 0. The van der Waals surface area contributed by atoms with E-state index in [1.54, 1.807) is 0 Å². The van der Waals surface area contributed by atoms with Gasteiger partial charge in [0.2, 0.25) is 0 Å². The molecule has 1 aliphatic heterocycles. The number of hydrogen-bond donors (Lipinski definition) is 1. The van der Waals surface area contributed by atoms with Crippen molar-refractivity contribution >= 4 is 0 Å². The van der Waals surface area contributed by atoms with Crippen LogP contribution in [0.4, 0.5) is 0 Å². The Bertz CT molecular complexity index is 544. The molecule has 0 aromatic carbocycles. The van der Waals surface area contributed by atoms with Crippen molar-refractivity contribution in [3.8, 4) is 11.4 Å². The van der Waals surface area contributed by atoms with E-state index < -0.39 is 0 Å². The lowest BCUT2D eigenvalue weighted by Gasteiger charge is -2.13. The van der Waals surface area contributed by atoms with Gasteiger partial charge in [0.1, 0.15) is 0 Å². The molecular weight excluding hydrogens is 214 g/mol. The average molecular weight is 231 g/mol. The number of aryl methyl sites for hydroxylation is 3. The van der Waals surface area contributed by atoms with Crippen LogP contribution in [0.2, 0.25) is 0 Å². The molecule has 2 aromatic rings. The fourth-order valence-electron chi connectivity index (χ4n) is 2.63. The molecule has 0 saturated carbocycles. The van der Waals surface area contributed by atoms with Crippen LogP contribution in [-0.2, 0) is 27.1 Å². The maximum absolute atomic E-state index is 4.60. The second-order valence-corrected chi connectivity index (χ2v) is 4.62. The lowest BCUT2D eigenvalue weighted by Crippen LogP contribution is -2.23. The molecular formula is C12H17N5. The topological polar surface area (TPSA) is 47.7 Å². The normalized spacial score (nSPS) is 15.0. The second-order valence-electron chi connectivity index (χ2n) is 4.62. The number of fused-ring (bicyclic) bond motifs is 1. The minimum absolute atomic E-state index is 0.875. The van der Waals surface area contributed by atoms with Crippen LogP contribution < -0.4 is 5.32 Å². The van der Waals surface area contributed by atoms with Gasteiger partial charge < -0.3 is 5.32 Å². The molecule has 1 N–H and O–H groups in total. The van der Waals surface area contributed by atoms with Crippen LogP contribution in [0.1, 0.15) is 16.8 Å². The van der Waals surface area contributed by atoms with Crippen LogP contribution in [0.5, 0.6) is 0 Å². The van der Waals surface area contributed by atoms with Crippen molar-refractivity contribution in [3.63, 3.8) is 0 Å². The number of rotatable bonds is 1. The monoisotopic (exact) mass is 231 g/mol. The minimum Gasteiger partial charge on any atom is -0.311 e. The summed E-state index contributed by atoms with van der Waals surface area (Å²) in [6.45, 7) is 4.01. The van der Waals surface area contributed by atoms with E-state index in [4.69, 9.17) is 0 Å².